The van der Waals surface area contributed by atoms with Crippen LogP contribution >= 0.6 is 0 Å². The van der Waals surface area contributed by atoms with Crippen LogP contribution in [0.25, 0.3) is 0 Å². The minimum absolute atomic E-state index is 0.0151. The molecule has 1 heterocycles. The van der Waals surface area contributed by atoms with Crippen molar-refractivity contribution in [3.63, 3.8) is 0 Å². The third-order valence-corrected chi connectivity index (χ3v) is 6.05. The molecular weight excluding hydrogens is 238 g/mol. The molecular formula is C12H23NO3S. The highest BCUT2D eigenvalue weighted by atomic mass is 32.2. The van der Waals surface area contributed by atoms with E-state index in [1.165, 1.54) is 12.8 Å². The van der Waals surface area contributed by atoms with E-state index in [4.69, 9.17) is 0 Å². The highest BCUT2D eigenvalue weighted by Crippen LogP contribution is 2.37. The minimum Gasteiger partial charge on any atom is -0.396 e. The Balaban J connectivity index is 1.85. The van der Waals surface area contributed by atoms with Crippen molar-refractivity contribution in [3.05, 3.63) is 0 Å². The zero-order chi connectivity index (χ0) is 12.4. The molecule has 5 heteroatoms. The molecule has 1 atom stereocenters. The van der Waals surface area contributed by atoms with Crippen molar-refractivity contribution in [1.29, 1.82) is 0 Å². The maximum absolute atomic E-state index is 11.5. The van der Waals surface area contributed by atoms with Gasteiger partial charge in [-0.1, -0.05) is 12.8 Å². The summed E-state index contributed by atoms with van der Waals surface area (Å²) in [4.78, 5) is 0. The molecule has 1 saturated carbocycles. The number of aliphatic hydroxyl groups is 1. The molecule has 0 amide bonds. The normalized spacial score (nSPS) is 31.5. The van der Waals surface area contributed by atoms with Crippen LogP contribution < -0.4 is 5.32 Å². The van der Waals surface area contributed by atoms with Crippen LogP contribution in [0.1, 0.15) is 38.5 Å². The maximum Gasteiger partial charge on any atom is 0.151 e. The minimum atomic E-state index is -2.83. The number of sulfone groups is 1. The molecule has 4 nitrogen and oxygen atoms in total. The summed E-state index contributed by atoms with van der Waals surface area (Å²) >= 11 is 0. The van der Waals surface area contributed by atoms with Crippen molar-refractivity contribution in [2.24, 2.45) is 5.41 Å². The van der Waals surface area contributed by atoms with Gasteiger partial charge < -0.3 is 10.4 Å². The first-order chi connectivity index (χ1) is 8.05. The topological polar surface area (TPSA) is 66.4 Å². The van der Waals surface area contributed by atoms with Crippen molar-refractivity contribution < 1.29 is 13.5 Å². The molecule has 1 aliphatic heterocycles. The molecule has 0 spiro atoms. The zero-order valence-corrected chi connectivity index (χ0v) is 11.1. The van der Waals surface area contributed by atoms with Gasteiger partial charge in [-0.3, -0.25) is 0 Å². The van der Waals surface area contributed by atoms with Crippen molar-refractivity contribution in [3.8, 4) is 0 Å². The van der Waals surface area contributed by atoms with Crippen LogP contribution in [0.3, 0.4) is 0 Å². The lowest BCUT2D eigenvalue weighted by molar-refractivity contribution is 0.125. The smallest absolute Gasteiger partial charge is 0.151 e. The lowest BCUT2D eigenvalue weighted by Gasteiger charge is -2.31. The van der Waals surface area contributed by atoms with Gasteiger partial charge in [0, 0.05) is 24.6 Å². The first kappa shape index (κ1) is 13.3. The number of aliphatic hydroxyl groups excluding tert-OH is 1. The lowest BCUT2D eigenvalue weighted by Crippen LogP contribution is -2.45. The second-order valence-electron chi connectivity index (χ2n) is 5.70. The largest absolute Gasteiger partial charge is 0.396 e. The summed E-state index contributed by atoms with van der Waals surface area (Å²) in [6.45, 7) is 0.989. The van der Waals surface area contributed by atoms with Gasteiger partial charge in [0.05, 0.1) is 11.5 Å². The molecule has 1 saturated heterocycles. The number of nitrogens with one attached hydrogen (secondary N) is 1. The van der Waals surface area contributed by atoms with Crippen LogP contribution in [0, 0.1) is 5.41 Å². The van der Waals surface area contributed by atoms with Crippen molar-refractivity contribution in [1.82, 2.24) is 5.32 Å². The Morgan fingerprint density at radius 2 is 1.94 bits per heavy atom. The van der Waals surface area contributed by atoms with E-state index in [1.807, 2.05) is 0 Å². The highest BCUT2D eigenvalue weighted by Gasteiger charge is 2.34. The third kappa shape index (κ3) is 3.42. The van der Waals surface area contributed by atoms with Gasteiger partial charge in [-0.05, 0) is 25.7 Å². The molecule has 0 aromatic heterocycles. The van der Waals surface area contributed by atoms with E-state index < -0.39 is 9.84 Å². The van der Waals surface area contributed by atoms with E-state index in [2.05, 4.69) is 5.32 Å². The Hall–Kier alpha value is -0.130. The second-order valence-corrected chi connectivity index (χ2v) is 7.93. The van der Waals surface area contributed by atoms with Gasteiger partial charge >= 0.3 is 0 Å². The molecule has 0 aromatic rings. The number of hydrogen-bond donors (Lipinski definition) is 2. The van der Waals surface area contributed by atoms with Gasteiger partial charge in [0.25, 0.3) is 0 Å². The van der Waals surface area contributed by atoms with E-state index in [0.717, 1.165) is 32.2 Å². The van der Waals surface area contributed by atoms with Crippen LogP contribution in [0.5, 0.6) is 0 Å². The number of hydrogen-bond acceptors (Lipinski definition) is 4. The van der Waals surface area contributed by atoms with Crippen LogP contribution in [-0.2, 0) is 9.84 Å². The molecule has 100 valence electrons. The molecule has 2 aliphatic rings. The fraction of sp³-hybridized carbons (Fsp3) is 1.00. The highest BCUT2D eigenvalue weighted by molar-refractivity contribution is 7.91. The summed E-state index contributed by atoms with van der Waals surface area (Å²) in [7, 11) is -2.83. The van der Waals surface area contributed by atoms with E-state index in [0.29, 0.717) is 5.75 Å². The molecule has 0 bridgehead atoms. The SMILES string of the molecule is O=S1(=O)CCCC(NCC2(CO)CCCC2)C1. The van der Waals surface area contributed by atoms with Crippen molar-refractivity contribution in [2.75, 3.05) is 24.7 Å². The predicted molar refractivity (Wildman–Crippen MR) is 67.7 cm³/mol. The summed E-state index contributed by atoms with van der Waals surface area (Å²) in [5.41, 5.74) is 0.0151. The van der Waals surface area contributed by atoms with Crippen LogP contribution in [0.2, 0.25) is 0 Å². The molecule has 0 radical (unpaired) electrons. The summed E-state index contributed by atoms with van der Waals surface area (Å²) < 4.78 is 23.0. The summed E-state index contributed by atoms with van der Waals surface area (Å²) in [6.07, 6.45) is 6.22. The molecule has 1 aliphatic carbocycles. The summed E-state index contributed by atoms with van der Waals surface area (Å²) in [5.74, 6) is 0.616. The molecule has 17 heavy (non-hydrogen) atoms. The average molecular weight is 261 g/mol. The van der Waals surface area contributed by atoms with E-state index in [1.54, 1.807) is 0 Å². The van der Waals surface area contributed by atoms with Crippen LogP contribution in [0.4, 0.5) is 0 Å². The first-order valence-electron chi connectivity index (χ1n) is 6.60. The monoisotopic (exact) mass is 261 g/mol. The molecule has 0 aromatic carbocycles. The average Bonchev–Trinajstić information content (AvgIpc) is 2.75. The fourth-order valence-corrected chi connectivity index (χ4v) is 4.73. The lowest BCUT2D eigenvalue weighted by atomic mass is 9.87. The van der Waals surface area contributed by atoms with Gasteiger partial charge in [0.2, 0.25) is 0 Å². The Bertz CT molecular complexity index is 347. The molecule has 2 N–H and O–H groups in total. The third-order valence-electron chi connectivity index (χ3n) is 4.23. The van der Waals surface area contributed by atoms with Gasteiger partial charge in [-0.15, -0.1) is 0 Å². The fourth-order valence-electron chi connectivity index (χ4n) is 3.06. The Kier molecular flexibility index (Phi) is 4.10. The van der Waals surface area contributed by atoms with Gasteiger partial charge in [0.1, 0.15) is 0 Å². The molecule has 2 fully saturated rings. The standard InChI is InChI=1S/C12H23NO3S/c14-10-12(5-1-2-6-12)9-13-11-4-3-7-17(15,16)8-11/h11,13-14H,1-10H2. The van der Waals surface area contributed by atoms with Gasteiger partial charge in [-0.2, -0.15) is 0 Å². The van der Waals surface area contributed by atoms with Crippen molar-refractivity contribution in [2.45, 2.75) is 44.6 Å². The van der Waals surface area contributed by atoms with Gasteiger partial charge in [0.15, 0.2) is 9.84 Å². The summed E-state index contributed by atoms with van der Waals surface area (Å²) in [5, 5.41) is 12.9. The van der Waals surface area contributed by atoms with E-state index in [-0.39, 0.29) is 23.8 Å². The zero-order valence-electron chi connectivity index (χ0n) is 10.3. The van der Waals surface area contributed by atoms with E-state index in [9.17, 15) is 13.5 Å². The molecule has 2 rings (SSSR count). The second kappa shape index (κ2) is 5.24. The number of rotatable bonds is 4. The van der Waals surface area contributed by atoms with Gasteiger partial charge in [-0.25, -0.2) is 8.42 Å². The Morgan fingerprint density at radius 3 is 2.53 bits per heavy atom. The Labute approximate surface area is 104 Å². The quantitative estimate of drug-likeness (QED) is 0.782. The molecule has 1 unspecified atom stereocenters. The predicted octanol–water partition coefficient (Wildman–Crippen LogP) is 0.706. The Morgan fingerprint density at radius 1 is 1.24 bits per heavy atom. The summed E-state index contributed by atoms with van der Waals surface area (Å²) in [6, 6.07) is 0.0952. The maximum atomic E-state index is 11.5. The van der Waals surface area contributed by atoms with E-state index >= 15 is 0 Å². The van der Waals surface area contributed by atoms with Crippen molar-refractivity contribution >= 4 is 9.84 Å². The van der Waals surface area contributed by atoms with Crippen LogP contribution in [-0.4, -0.2) is 44.2 Å². The first-order valence-corrected chi connectivity index (χ1v) is 8.42. The van der Waals surface area contributed by atoms with Crippen LogP contribution in [0.15, 0.2) is 0 Å².